The molecule has 0 spiro atoms. The maximum Gasteiger partial charge on any atom is 0.293 e. The second-order valence-electron chi connectivity index (χ2n) is 6.05. The topological polar surface area (TPSA) is 55.8 Å². The molecule has 1 aliphatic rings. The van der Waals surface area contributed by atoms with Crippen molar-refractivity contribution in [2.75, 3.05) is 20.3 Å². The number of methoxy groups -OCH3 is 1. The Labute approximate surface area is 203 Å². The van der Waals surface area contributed by atoms with Crippen LogP contribution < -0.4 is 4.74 Å². The zero-order valence-corrected chi connectivity index (χ0v) is 21.4. The summed E-state index contributed by atoms with van der Waals surface area (Å²) in [7, 11) is 1.53. The average Bonchev–Trinajstić information content (AvgIpc) is 2.94. The van der Waals surface area contributed by atoms with Crippen LogP contribution in [-0.2, 0) is 16.1 Å². The Hall–Kier alpha value is -0.880. The molecule has 1 heterocycles. The van der Waals surface area contributed by atoms with Gasteiger partial charge in [0.05, 0.1) is 27.0 Å². The predicted molar refractivity (Wildman–Crippen MR) is 130 cm³/mol. The highest BCUT2D eigenvalue weighted by molar-refractivity contribution is 14.1. The zero-order valence-electron chi connectivity index (χ0n) is 15.3. The Morgan fingerprint density at radius 1 is 1.14 bits per heavy atom. The molecule has 2 aromatic carbocycles. The SMILES string of the molecule is COCCN1C(=O)S/C(=C/c2cc(Br)c(OCc3ccc(I)cc3)c(Br)c2)C1=O. The average molecular weight is 653 g/mol. The molecule has 1 aliphatic heterocycles. The monoisotopic (exact) mass is 651 g/mol. The van der Waals surface area contributed by atoms with Crippen molar-refractivity contribution in [3.05, 3.63) is 64.9 Å². The maximum absolute atomic E-state index is 12.5. The number of carbonyl (C=O) groups excluding carboxylic acids is 2. The number of imide groups is 1. The van der Waals surface area contributed by atoms with E-state index in [9.17, 15) is 9.59 Å². The van der Waals surface area contributed by atoms with Crippen LogP contribution in [0.3, 0.4) is 0 Å². The summed E-state index contributed by atoms with van der Waals surface area (Å²) in [4.78, 5) is 26.1. The lowest BCUT2D eigenvalue weighted by molar-refractivity contribution is -0.123. The summed E-state index contributed by atoms with van der Waals surface area (Å²) < 4.78 is 13.6. The highest BCUT2D eigenvalue weighted by atomic mass is 127. The minimum absolute atomic E-state index is 0.247. The fraction of sp³-hybridized carbons (Fsp3) is 0.200. The lowest BCUT2D eigenvalue weighted by atomic mass is 10.2. The van der Waals surface area contributed by atoms with Gasteiger partial charge in [-0.1, -0.05) is 12.1 Å². The van der Waals surface area contributed by atoms with E-state index < -0.39 is 0 Å². The van der Waals surface area contributed by atoms with Crippen molar-refractivity contribution in [3.63, 3.8) is 0 Å². The third-order valence-corrected chi connectivity index (χ3v) is 6.81. The van der Waals surface area contributed by atoms with Crippen LogP contribution in [-0.4, -0.2) is 36.3 Å². The molecule has 5 nitrogen and oxygen atoms in total. The maximum atomic E-state index is 12.5. The van der Waals surface area contributed by atoms with Gasteiger partial charge in [0, 0.05) is 10.7 Å². The number of halogens is 3. The summed E-state index contributed by atoms with van der Waals surface area (Å²) >= 11 is 10.3. The van der Waals surface area contributed by atoms with E-state index in [0.717, 1.165) is 31.8 Å². The summed E-state index contributed by atoms with van der Waals surface area (Å²) in [5, 5.41) is -0.283. The largest absolute Gasteiger partial charge is 0.487 e. The Morgan fingerprint density at radius 2 is 1.79 bits per heavy atom. The molecule has 3 rings (SSSR count). The molecule has 2 aromatic rings. The molecule has 0 saturated carbocycles. The molecule has 0 unspecified atom stereocenters. The molecule has 0 aliphatic carbocycles. The summed E-state index contributed by atoms with van der Waals surface area (Å²) in [5.74, 6) is 0.372. The molecular weight excluding hydrogens is 637 g/mol. The fourth-order valence-corrected chi connectivity index (χ4v) is 5.24. The van der Waals surface area contributed by atoms with E-state index in [0.29, 0.717) is 23.9 Å². The van der Waals surface area contributed by atoms with Gasteiger partial charge in [-0.3, -0.25) is 14.5 Å². The van der Waals surface area contributed by atoms with E-state index in [-0.39, 0.29) is 17.7 Å². The number of ether oxygens (including phenoxy) is 2. The smallest absolute Gasteiger partial charge is 0.293 e. The minimum atomic E-state index is -0.302. The Morgan fingerprint density at radius 3 is 2.41 bits per heavy atom. The molecule has 0 N–H and O–H groups in total. The minimum Gasteiger partial charge on any atom is -0.487 e. The Balaban J connectivity index is 1.75. The van der Waals surface area contributed by atoms with E-state index in [1.165, 1.54) is 15.6 Å². The van der Waals surface area contributed by atoms with E-state index >= 15 is 0 Å². The number of nitrogens with zero attached hydrogens (tertiary/aromatic N) is 1. The first kappa shape index (κ1) is 22.8. The zero-order chi connectivity index (χ0) is 21.0. The standard InChI is InChI=1S/C20H16Br2INO4S/c1-27-7-6-24-19(25)17(29-20(24)26)10-13-8-15(21)18(16(22)9-13)28-11-12-2-4-14(23)5-3-12/h2-5,8-10H,6-7,11H2,1H3/b17-10+. The second kappa shape index (κ2) is 10.4. The molecule has 0 radical (unpaired) electrons. The van der Waals surface area contributed by atoms with Crippen molar-refractivity contribution in [3.8, 4) is 5.75 Å². The van der Waals surface area contributed by atoms with Crippen LogP contribution in [0.5, 0.6) is 5.75 Å². The van der Waals surface area contributed by atoms with Crippen LogP contribution in [0.2, 0.25) is 0 Å². The Bertz CT molecular complexity index is 942. The number of benzene rings is 2. The van der Waals surface area contributed by atoms with Gasteiger partial charge in [0.1, 0.15) is 12.4 Å². The highest BCUT2D eigenvalue weighted by Gasteiger charge is 2.34. The number of rotatable bonds is 7. The molecule has 9 heteroatoms. The number of hydrogen-bond acceptors (Lipinski definition) is 5. The van der Waals surface area contributed by atoms with Crippen molar-refractivity contribution < 1.29 is 19.1 Å². The first-order valence-electron chi connectivity index (χ1n) is 8.49. The molecule has 1 saturated heterocycles. The van der Waals surface area contributed by atoms with Gasteiger partial charge in [-0.05, 0) is 108 Å². The highest BCUT2D eigenvalue weighted by Crippen LogP contribution is 2.38. The van der Waals surface area contributed by atoms with Gasteiger partial charge < -0.3 is 9.47 Å². The lowest BCUT2D eigenvalue weighted by Crippen LogP contribution is -2.31. The van der Waals surface area contributed by atoms with Crippen LogP contribution in [0.4, 0.5) is 4.79 Å². The molecule has 0 atom stereocenters. The number of carbonyl (C=O) groups is 2. The van der Waals surface area contributed by atoms with Gasteiger partial charge in [-0.2, -0.15) is 0 Å². The van der Waals surface area contributed by atoms with E-state index in [2.05, 4.69) is 54.5 Å². The third-order valence-electron chi connectivity index (χ3n) is 4.01. The molecule has 29 heavy (non-hydrogen) atoms. The first-order chi connectivity index (χ1) is 13.9. The lowest BCUT2D eigenvalue weighted by Gasteiger charge is -2.12. The Kier molecular flexibility index (Phi) is 8.20. The van der Waals surface area contributed by atoms with Crippen molar-refractivity contribution >= 4 is 83.4 Å². The van der Waals surface area contributed by atoms with E-state index in [1.807, 2.05) is 36.4 Å². The van der Waals surface area contributed by atoms with Crippen molar-refractivity contribution in [2.45, 2.75) is 6.61 Å². The van der Waals surface area contributed by atoms with Gasteiger partial charge in [0.2, 0.25) is 0 Å². The van der Waals surface area contributed by atoms with Crippen LogP contribution in [0.25, 0.3) is 6.08 Å². The fourth-order valence-electron chi connectivity index (χ4n) is 2.56. The van der Waals surface area contributed by atoms with Gasteiger partial charge in [0.25, 0.3) is 11.1 Å². The second-order valence-corrected chi connectivity index (χ2v) is 10.0. The molecule has 2 amide bonds. The van der Waals surface area contributed by atoms with E-state index in [1.54, 1.807) is 6.08 Å². The summed E-state index contributed by atoms with van der Waals surface area (Å²) in [6.07, 6.45) is 1.70. The third kappa shape index (κ3) is 5.84. The summed E-state index contributed by atoms with van der Waals surface area (Å²) in [5.41, 5.74) is 1.85. The van der Waals surface area contributed by atoms with Gasteiger partial charge in [-0.25, -0.2) is 0 Å². The first-order valence-corrected chi connectivity index (χ1v) is 12.0. The van der Waals surface area contributed by atoms with Crippen LogP contribution in [0, 0.1) is 3.57 Å². The molecule has 0 bridgehead atoms. The van der Waals surface area contributed by atoms with Crippen molar-refractivity contribution in [1.29, 1.82) is 0 Å². The molecule has 0 aromatic heterocycles. The molecular formula is C20H16Br2INO4S. The van der Waals surface area contributed by atoms with Crippen molar-refractivity contribution in [2.24, 2.45) is 0 Å². The van der Waals surface area contributed by atoms with Crippen molar-refractivity contribution in [1.82, 2.24) is 4.90 Å². The number of hydrogen-bond donors (Lipinski definition) is 0. The van der Waals surface area contributed by atoms with Gasteiger partial charge in [-0.15, -0.1) is 0 Å². The van der Waals surface area contributed by atoms with Crippen LogP contribution in [0.15, 0.2) is 50.2 Å². The summed E-state index contributed by atoms with van der Waals surface area (Å²) in [6.45, 7) is 0.998. The van der Waals surface area contributed by atoms with E-state index in [4.69, 9.17) is 9.47 Å². The number of thioether (sulfide) groups is 1. The molecule has 1 fully saturated rings. The predicted octanol–water partition coefficient (Wildman–Crippen LogP) is 6.08. The number of amides is 2. The quantitative estimate of drug-likeness (QED) is 0.268. The molecule has 152 valence electrons. The van der Waals surface area contributed by atoms with Crippen LogP contribution >= 0.6 is 66.2 Å². The normalized spacial score (nSPS) is 15.4. The van der Waals surface area contributed by atoms with Gasteiger partial charge in [0.15, 0.2) is 0 Å². The van der Waals surface area contributed by atoms with Gasteiger partial charge >= 0.3 is 0 Å². The summed E-state index contributed by atoms with van der Waals surface area (Å²) in [6, 6.07) is 11.8. The van der Waals surface area contributed by atoms with Crippen LogP contribution in [0.1, 0.15) is 11.1 Å².